The van der Waals surface area contributed by atoms with Gasteiger partial charge in [0, 0.05) is 48.3 Å². The second-order valence-corrected chi connectivity index (χ2v) is 11.2. The Labute approximate surface area is 248 Å². The van der Waals surface area contributed by atoms with Gasteiger partial charge in [-0.05, 0) is 55.1 Å². The molecule has 0 saturated carbocycles. The monoisotopic (exact) mass is 591 g/mol. The Morgan fingerprint density at radius 1 is 0.850 bits per heavy atom. The molecule has 0 atom stereocenters. The number of nitrogens with zero attached hydrogens (tertiary/aromatic N) is 5. The third-order valence-electron chi connectivity index (χ3n) is 7.24. The maximum absolute atomic E-state index is 6.78. The van der Waals surface area contributed by atoms with Crippen LogP contribution in [-0.2, 0) is 0 Å². The number of pyridine rings is 1. The summed E-state index contributed by atoms with van der Waals surface area (Å²) in [6.45, 7) is 5.49. The molecule has 0 amide bonds. The maximum Gasteiger partial charge on any atom is 0.167 e. The number of rotatable bonds is 7. The lowest BCUT2D eigenvalue weighted by Gasteiger charge is -2.32. The predicted octanol–water partition coefficient (Wildman–Crippen LogP) is 7.34. The van der Waals surface area contributed by atoms with Crippen LogP contribution in [0, 0.1) is 0 Å². The standard InChI is InChI=1S/C31H28Cl3N5O/c1-37-13-15-38(16-14-37)17-18-40-30-26-20-35-39(24-5-3-2-4-6-24)31(26)36-29(25-12-11-23(33)19-27(25)34)28(30)21-7-9-22(32)10-8-21/h2-12,19-20H,13-18H2,1H3. The first kappa shape index (κ1) is 27.1. The number of halogens is 3. The lowest BCUT2D eigenvalue weighted by molar-refractivity contribution is 0.134. The van der Waals surface area contributed by atoms with Crippen LogP contribution in [0.4, 0.5) is 0 Å². The van der Waals surface area contributed by atoms with Gasteiger partial charge in [0.2, 0.25) is 0 Å². The molecule has 0 aliphatic carbocycles. The molecule has 1 saturated heterocycles. The Morgan fingerprint density at radius 3 is 2.30 bits per heavy atom. The first-order valence-corrected chi connectivity index (χ1v) is 14.3. The lowest BCUT2D eigenvalue weighted by atomic mass is 9.97. The van der Waals surface area contributed by atoms with Crippen molar-refractivity contribution in [1.29, 1.82) is 0 Å². The average molecular weight is 593 g/mol. The lowest BCUT2D eigenvalue weighted by Crippen LogP contribution is -2.45. The Bertz CT molecular complexity index is 1630. The molecule has 0 radical (unpaired) electrons. The fourth-order valence-corrected chi connectivity index (χ4v) is 5.65. The summed E-state index contributed by atoms with van der Waals surface area (Å²) < 4.78 is 8.52. The van der Waals surface area contributed by atoms with Crippen LogP contribution in [0.5, 0.6) is 5.75 Å². The van der Waals surface area contributed by atoms with E-state index in [2.05, 4.69) is 16.8 Å². The van der Waals surface area contributed by atoms with Crippen molar-refractivity contribution < 1.29 is 4.74 Å². The molecule has 40 heavy (non-hydrogen) atoms. The van der Waals surface area contributed by atoms with Crippen LogP contribution in [0.15, 0.2) is 79.0 Å². The molecule has 6 nitrogen and oxygen atoms in total. The van der Waals surface area contributed by atoms with E-state index in [4.69, 9.17) is 49.6 Å². The number of likely N-dealkylation sites (N-methyl/N-ethyl adjacent to an activating group) is 1. The normalized spacial score (nSPS) is 14.6. The molecule has 3 heterocycles. The second-order valence-electron chi connectivity index (χ2n) is 9.92. The zero-order valence-corrected chi connectivity index (χ0v) is 24.3. The van der Waals surface area contributed by atoms with E-state index in [-0.39, 0.29) is 0 Å². The summed E-state index contributed by atoms with van der Waals surface area (Å²) in [5.41, 5.74) is 4.77. The Morgan fingerprint density at radius 2 is 1.57 bits per heavy atom. The van der Waals surface area contributed by atoms with Crippen molar-refractivity contribution in [3.63, 3.8) is 0 Å². The van der Waals surface area contributed by atoms with Crippen molar-refractivity contribution in [1.82, 2.24) is 24.6 Å². The molecule has 2 aromatic heterocycles. The third kappa shape index (κ3) is 5.55. The van der Waals surface area contributed by atoms with E-state index in [0.717, 1.165) is 60.5 Å². The van der Waals surface area contributed by atoms with Crippen LogP contribution in [0.25, 0.3) is 39.1 Å². The number of piperazine rings is 1. The van der Waals surface area contributed by atoms with Gasteiger partial charge in [-0.3, -0.25) is 4.90 Å². The highest BCUT2D eigenvalue weighted by atomic mass is 35.5. The van der Waals surface area contributed by atoms with Gasteiger partial charge in [-0.1, -0.05) is 65.1 Å². The second kappa shape index (κ2) is 11.8. The molecule has 0 spiro atoms. The molecule has 3 aromatic carbocycles. The number of fused-ring (bicyclic) bond motifs is 1. The number of hydrogen-bond donors (Lipinski definition) is 0. The van der Waals surface area contributed by atoms with Gasteiger partial charge in [-0.25, -0.2) is 9.67 Å². The first-order chi connectivity index (χ1) is 19.5. The molecule has 6 rings (SSSR count). The van der Waals surface area contributed by atoms with Gasteiger partial charge < -0.3 is 9.64 Å². The predicted molar refractivity (Wildman–Crippen MR) is 164 cm³/mol. The first-order valence-electron chi connectivity index (χ1n) is 13.2. The van der Waals surface area contributed by atoms with Crippen molar-refractivity contribution >= 4 is 45.8 Å². The van der Waals surface area contributed by atoms with Gasteiger partial charge in [0.15, 0.2) is 5.65 Å². The van der Waals surface area contributed by atoms with E-state index in [1.54, 1.807) is 6.07 Å². The SMILES string of the molecule is CN1CCN(CCOc2c(-c3ccc(Cl)cc3)c(-c3ccc(Cl)cc3Cl)nc3c2cnn3-c2ccccc2)CC1. The summed E-state index contributed by atoms with van der Waals surface area (Å²) in [7, 11) is 2.16. The quantitative estimate of drug-likeness (QED) is 0.198. The molecular weight excluding hydrogens is 565 g/mol. The van der Waals surface area contributed by atoms with Crippen molar-refractivity contribution in [3.8, 4) is 33.8 Å². The zero-order valence-electron chi connectivity index (χ0n) is 22.0. The average Bonchev–Trinajstić information content (AvgIpc) is 3.39. The van der Waals surface area contributed by atoms with Gasteiger partial charge in [0.05, 0.1) is 33.6 Å². The minimum Gasteiger partial charge on any atom is -0.491 e. The van der Waals surface area contributed by atoms with Gasteiger partial charge >= 0.3 is 0 Å². The summed E-state index contributed by atoms with van der Waals surface area (Å²) >= 11 is 19.3. The highest BCUT2D eigenvalue weighted by molar-refractivity contribution is 6.36. The van der Waals surface area contributed by atoms with Crippen molar-refractivity contribution in [2.75, 3.05) is 46.4 Å². The van der Waals surface area contributed by atoms with Crippen LogP contribution in [0.2, 0.25) is 15.1 Å². The van der Waals surface area contributed by atoms with Gasteiger partial charge in [0.25, 0.3) is 0 Å². The van der Waals surface area contributed by atoms with E-state index >= 15 is 0 Å². The summed E-state index contributed by atoms with van der Waals surface area (Å²) in [5.74, 6) is 0.713. The highest BCUT2D eigenvalue weighted by Crippen LogP contribution is 2.45. The van der Waals surface area contributed by atoms with E-state index in [9.17, 15) is 0 Å². The maximum atomic E-state index is 6.78. The molecule has 9 heteroatoms. The highest BCUT2D eigenvalue weighted by Gasteiger charge is 2.24. The van der Waals surface area contributed by atoms with E-state index < -0.39 is 0 Å². The van der Waals surface area contributed by atoms with Crippen LogP contribution in [0.3, 0.4) is 0 Å². The summed E-state index contributed by atoms with van der Waals surface area (Å²) in [6.07, 6.45) is 1.83. The zero-order chi connectivity index (χ0) is 27.6. The fourth-order valence-electron chi connectivity index (χ4n) is 5.03. The van der Waals surface area contributed by atoms with Gasteiger partial charge in [0.1, 0.15) is 12.4 Å². The molecule has 0 unspecified atom stereocenters. The largest absolute Gasteiger partial charge is 0.491 e. The van der Waals surface area contributed by atoms with Crippen molar-refractivity contribution in [3.05, 3.63) is 94.1 Å². The van der Waals surface area contributed by atoms with Crippen LogP contribution in [0.1, 0.15) is 0 Å². The third-order valence-corrected chi connectivity index (χ3v) is 8.04. The number of ether oxygens (including phenoxy) is 1. The fraction of sp³-hybridized carbons (Fsp3) is 0.226. The summed E-state index contributed by atoms with van der Waals surface area (Å²) in [5, 5.41) is 7.27. The Balaban J connectivity index is 1.54. The molecule has 204 valence electrons. The molecule has 5 aromatic rings. The minimum atomic E-state index is 0.503. The Kier molecular flexibility index (Phi) is 7.96. The van der Waals surface area contributed by atoms with Crippen molar-refractivity contribution in [2.45, 2.75) is 0 Å². The van der Waals surface area contributed by atoms with E-state index in [1.165, 1.54) is 0 Å². The smallest absolute Gasteiger partial charge is 0.167 e. The number of para-hydroxylation sites is 1. The number of hydrogen-bond acceptors (Lipinski definition) is 5. The molecule has 1 fully saturated rings. The van der Waals surface area contributed by atoms with Gasteiger partial charge in [-0.15, -0.1) is 0 Å². The molecule has 0 bridgehead atoms. The topological polar surface area (TPSA) is 46.4 Å². The van der Waals surface area contributed by atoms with Crippen LogP contribution >= 0.6 is 34.8 Å². The Hall–Kier alpha value is -3.13. The summed E-state index contributed by atoms with van der Waals surface area (Å²) in [6, 6.07) is 23.1. The molecule has 1 aliphatic rings. The molecule has 0 N–H and O–H groups in total. The number of aromatic nitrogens is 3. The van der Waals surface area contributed by atoms with E-state index in [1.807, 2.05) is 77.6 Å². The van der Waals surface area contributed by atoms with Crippen LogP contribution < -0.4 is 4.74 Å². The molecule has 1 aliphatic heterocycles. The van der Waals surface area contributed by atoms with Gasteiger partial charge in [-0.2, -0.15) is 5.10 Å². The van der Waals surface area contributed by atoms with E-state index in [0.29, 0.717) is 38.8 Å². The van der Waals surface area contributed by atoms with Crippen LogP contribution in [-0.4, -0.2) is 70.9 Å². The minimum absolute atomic E-state index is 0.503. The number of benzene rings is 3. The summed E-state index contributed by atoms with van der Waals surface area (Å²) in [4.78, 5) is 9.97. The van der Waals surface area contributed by atoms with Crippen molar-refractivity contribution in [2.24, 2.45) is 0 Å². The molecular formula is C31H28Cl3N5O.